The number of carbonyl (C=O) groups is 2. The maximum atomic E-state index is 15.1. The smallest absolute Gasteiger partial charge is 0.353 e. The summed E-state index contributed by atoms with van der Waals surface area (Å²) in [6.07, 6.45) is 5.57. The largest absolute Gasteiger partial charge is 0.492 e. The van der Waals surface area contributed by atoms with Gasteiger partial charge in [-0.15, -0.1) is 0 Å². The standard InChI is InChI=1S/C27H18ClFN2O4/c28-26-15(11-14-5-1-3-7-19(14)30-26)13-31-20-12-18(29)16-9-10-35-25(16)23(20)22(24(31)27(33)34)17-6-2-4-8-21(17)32/h1-7,11-12H,8-10,13H2,(H,33,34). The van der Waals surface area contributed by atoms with Crippen LogP contribution in [0.25, 0.3) is 27.4 Å². The number of halogens is 2. The molecule has 1 aliphatic heterocycles. The molecule has 0 unspecified atom stereocenters. The number of para-hydroxylation sites is 1. The van der Waals surface area contributed by atoms with Crippen LogP contribution in [0.5, 0.6) is 5.75 Å². The lowest BCUT2D eigenvalue weighted by molar-refractivity contribution is -0.113. The van der Waals surface area contributed by atoms with E-state index >= 15 is 4.39 Å². The number of Topliss-reactive ketones (excluding diaryl/α,β-unsaturated/α-hetero) is 1. The van der Waals surface area contributed by atoms with Crippen molar-refractivity contribution in [1.82, 2.24) is 9.55 Å². The van der Waals surface area contributed by atoms with Crippen molar-refractivity contribution in [1.29, 1.82) is 0 Å². The summed E-state index contributed by atoms with van der Waals surface area (Å²) in [6, 6.07) is 10.6. The molecule has 6 nitrogen and oxygen atoms in total. The Balaban J connectivity index is 1.68. The Labute approximate surface area is 203 Å². The Bertz CT molecular complexity index is 1650. The normalized spacial score (nSPS) is 14.9. The molecule has 0 saturated heterocycles. The maximum Gasteiger partial charge on any atom is 0.353 e. The van der Waals surface area contributed by atoms with Gasteiger partial charge in [0.2, 0.25) is 0 Å². The third-order valence-corrected chi connectivity index (χ3v) is 6.84. The molecule has 2 aromatic heterocycles. The van der Waals surface area contributed by atoms with Gasteiger partial charge in [-0.05, 0) is 18.2 Å². The van der Waals surface area contributed by atoms with Gasteiger partial charge >= 0.3 is 5.97 Å². The SMILES string of the molecule is O=C1CC=CC=C1c1c(C(=O)O)n(Cc2cc3ccccc3nc2Cl)c2cc(F)c3c(c12)OCC3. The number of carboxylic acids is 1. The number of aromatic nitrogens is 2. The van der Waals surface area contributed by atoms with E-state index in [-0.39, 0.29) is 47.3 Å². The molecular formula is C27H18ClFN2O4. The average Bonchev–Trinajstić information content (AvgIpc) is 3.44. The molecule has 0 saturated carbocycles. The van der Waals surface area contributed by atoms with E-state index in [0.717, 1.165) is 5.39 Å². The number of aromatic carboxylic acids is 1. The predicted molar refractivity (Wildman–Crippen MR) is 131 cm³/mol. The van der Waals surface area contributed by atoms with Crippen molar-refractivity contribution in [2.75, 3.05) is 6.61 Å². The van der Waals surface area contributed by atoms with Gasteiger partial charge in [0.15, 0.2) is 5.78 Å². The Kier molecular flexibility index (Phi) is 4.96. The molecule has 0 radical (unpaired) electrons. The van der Waals surface area contributed by atoms with Crippen LogP contribution in [-0.2, 0) is 17.8 Å². The van der Waals surface area contributed by atoms with Gasteiger partial charge in [0.1, 0.15) is 22.4 Å². The Morgan fingerprint density at radius 3 is 2.89 bits per heavy atom. The highest BCUT2D eigenvalue weighted by molar-refractivity contribution is 6.30. The van der Waals surface area contributed by atoms with Crippen molar-refractivity contribution < 1.29 is 23.8 Å². The van der Waals surface area contributed by atoms with Crippen LogP contribution in [0, 0.1) is 5.82 Å². The van der Waals surface area contributed by atoms with Gasteiger partial charge in [0.25, 0.3) is 0 Å². The van der Waals surface area contributed by atoms with Crippen LogP contribution in [0.1, 0.15) is 33.6 Å². The van der Waals surface area contributed by atoms with Crippen molar-refractivity contribution in [2.24, 2.45) is 0 Å². The Morgan fingerprint density at radius 1 is 1.26 bits per heavy atom. The van der Waals surface area contributed by atoms with Crippen LogP contribution in [-0.4, -0.2) is 33.0 Å². The van der Waals surface area contributed by atoms with E-state index in [4.69, 9.17) is 16.3 Å². The number of carboxylic acid groups (broad SMARTS) is 1. The van der Waals surface area contributed by atoms with E-state index in [1.165, 1.54) is 10.6 Å². The zero-order valence-electron chi connectivity index (χ0n) is 18.3. The second kappa shape index (κ2) is 8.06. The molecule has 0 bridgehead atoms. The van der Waals surface area contributed by atoms with Crippen molar-refractivity contribution in [3.63, 3.8) is 0 Å². The third kappa shape index (κ3) is 3.34. The van der Waals surface area contributed by atoms with E-state index < -0.39 is 11.8 Å². The highest BCUT2D eigenvalue weighted by Gasteiger charge is 2.33. The molecule has 2 aliphatic rings. The monoisotopic (exact) mass is 488 g/mol. The molecule has 174 valence electrons. The highest BCUT2D eigenvalue weighted by Crippen LogP contribution is 2.44. The molecule has 8 heteroatoms. The zero-order chi connectivity index (χ0) is 24.3. The summed E-state index contributed by atoms with van der Waals surface area (Å²) >= 11 is 6.49. The summed E-state index contributed by atoms with van der Waals surface area (Å²) in [5.41, 5.74) is 2.37. The van der Waals surface area contributed by atoms with Crippen molar-refractivity contribution >= 4 is 50.7 Å². The van der Waals surface area contributed by atoms with Crippen molar-refractivity contribution in [2.45, 2.75) is 19.4 Å². The number of ether oxygens (including phenoxy) is 1. The Morgan fingerprint density at radius 2 is 2.09 bits per heavy atom. The van der Waals surface area contributed by atoms with E-state index in [2.05, 4.69) is 4.98 Å². The van der Waals surface area contributed by atoms with Crippen LogP contribution in [0.2, 0.25) is 5.15 Å². The summed E-state index contributed by atoms with van der Waals surface area (Å²) in [5.74, 6) is -1.63. The molecule has 3 heterocycles. The quantitative estimate of drug-likeness (QED) is 0.379. The number of rotatable bonds is 4. The van der Waals surface area contributed by atoms with Gasteiger partial charge in [0.05, 0.1) is 29.6 Å². The molecule has 0 atom stereocenters. The summed E-state index contributed by atoms with van der Waals surface area (Å²) in [5, 5.41) is 11.8. The summed E-state index contributed by atoms with van der Waals surface area (Å²) < 4.78 is 22.4. The van der Waals surface area contributed by atoms with Gasteiger partial charge in [-0.3, -0.25) is 4.79 Å². The first kappa shape index (κ1) is 21.6. The lowest BCUT2D eigenvalue weighted by Crippen LogP contribution is -2.14. The molecule has 0 amide bonds. The lowest BCUT2D eigenvalue weighted by Gasteiger charge is -2.12. The molecule has 2 aromatic carbocycles. The molecule has 0 fully saturated rings. The van der Waals surface area contributed by atoms with Gasteiger partial charge in [-0.25, -0.2) is 14.2 Å². The summed E-state index contributed by atoms with van der Waals surface area (Å²) in [4.78, 5) is 30.0. The van der Waals surface area contributed by atoms with Crippen LogP contribution in [0.3, 0.4) is 0 Å². The Hall–Kier alpha value is -3.97. The van der Waals surface area contributed by atoms with Crippen LogP contribution < -0.4 is 4.74 Å². The van der Waals surface area contributed by atoms with Crippen molar-refractivity contribution in [3.8, 4) is 5.75 Å². The average molecular weight is 489 g/mol. The summed E-state index contributed by atoms with van der Waals surface area (Å²) in [7, 11) is 0. The van der Waals surface area contributed by atoms with Crippen LogP contribution >= 0.6 is 11.6 Å². The zero-order valence-corrected chi connectivity index (χ0v) is 19.1. The molecular weight excluding hydrogens is 471 g/mol. The first-order valence-corrected chi connectivity index (χ1v) is 11.5. The first-order valence-electron chi connectivity index (χ1n) is 11.1. The van der Waals surface area contributed by atoms with Crippen molar-refractivity contribution in [3.05, 3.63) is 88.0 Å². The molecule has 1 N–H and O–H groups in total. The number of allylic oxidation sites excluding steroid dienone is 4. The molecule has 35 heavy (non-hydrogen) atoms. The molecule has 0 spiro atoms. The second-order valence-electron chi connectivity index (χ2n) is 8.54. The fraction of sp³-hybridized carbons (Fsp3) is 0.148. The predicted octanol–water partition coefficient (Wildman–Crippen LogP) is 5.58. The molecule has 1 aliphatic carbocycles. The van der Waals surface area contributed by atoms with Gasteiger partial charge < -0.3 is 14.4 Å². The number of nitrogens with zero attached hydrogens (tertiary/aromatic N) is 2. The van der Waals surface area contributed by atoms with Crippen LogP contribution in [0.4, 0.5) is 4.39 Å². The maximum absolute atomic E-state index is 15.1. The number of benzene rings is 2. The van der Waals surface area contributed by atoms with Gasteiger partial charge in [-0.1, -0.05) is 48.0 Å². The number of pyridine rings is 1. The fourth-order valence-corrected chi connectivity index (χ4v) is 5.17. The number of ketones is 1. The van der Waals surface area contributed by atoms with Gasteiger partial charge in [-0.2, -0.15) is 0 Å². The van der Waals surface area contributed by atoms with Crippen LogP contribution in [0.15, 0.2) is 54.6 Å². The topological polar surface area (TPSA) is 81.4 Å². The third-order valence-electron chi connectivity index (χ3n) is 6.51. The van der Waals surface area contributed by atoms with E-state index in [9.17, 15) is 14.7 Å². The number of hydrogen-bond donors (Lipinski definition) is 1. The minimum Gasteiger partial charge on any atom is -0.492 e. The number of fused-ring (bicyclic) bond motifs is 4. The number of carbonyl (C=O) groups excluding carboxylic acids is 1. The highest BCUT2D eigenvalue weighted by atomic mass is 35.5. The van der Waals surface area contributed by atoms with E-state index in [0.29, 0.717) is 39.7 Å². The minimum absolute atomic E-state index is 0.0182. The number of hydrogen-bond acceptors (Lipinski definition) is 4. The molecule has 4 aromatic rings. The summed E-state index contributed by atoms with van der Waals surface area (Å²) in [6.45, 7) is 0.302. The fourth-order valence-electron chi connectivity index (χ4n) is 4.96. The van der Waals surface area contributed by atoms with Gasteiger partial charge in [0, 0.05) is 40.5 Å². The minimum atomic E-state index is -1.24. The lowest BCUT2D eigenvalue weighted by atomic mass is 9.92. The van der Waals surface area contributed by atoms with E-state index in [1.807, 2.05) is 30.3 Å². The molecule has 6 rings (SSSR count). The second-order valence-corrected chi connectivity index (χ2v) is 8.90. The first-order chi connectivity index (χ1) is 16.9. The van der Waals surface area contributed by atoms with E-state index in [1.54, 1.807) is 18.2 Å².